The van der Waals surface area contributed by atoms with Gasteiger partial charge >= 0.3 is 0 Å². The van der Waals surface area contributed by atoms with Gasteiger partial charge in [-0.15, -0.1) is 0 Å². The van der Waals surface area contributed by atoms with E-state index in [1.165, 1.54) is 11.1 Å². The lowest BCUT2D eigenvalue weighted by molar-refractivity contribution is 0.0792. The molecule has 0 aliphatic carbocycles. The molecular weight excluding hydrogens is 348 g/mol. The van der Waals surface area contributed by atoms with E-state index in [1.807, 2.05) is 24.0 Å². The van der Waals surface area contributed by atoms with Gasteiger partial charge in [0.15, 0.2) is 5.11 Å². The molecule has 0 atom stereocenters. The lowest BCUT2D eigenvalue weighted by Crippen LogP contribution is -2.18. The van der Waals surface area contributed by atoms with Crippen LogP contribution in [0.5, 0.6) is 0 Å². The van der Waals surface area contributed by atoms with Crippen LogP contribution in [-0.4, -0.2) is 31.3 Å². The number of aryl methyl sites for hydroxylation is 1. The number of hydrogen-bond donors (Lipinski definition) is 2. The van der Waals surface area contributed by atoms with Gasteiger partial charge in [-0.05, 0) is 31.6 Å². The summed E-state index contributed by atoms with van der Waals surface area (Å²) in [5.41, 5.74) is 4.08. The highest BCUT2D eigenvalue weighted by atomic mass is 32.1. The van der Waals surface area contributed by atoms with Crippen LogP contribution in [0, 0.1) is 6.92 Å². The van der Waals surface area contributed by atoms with E-state index in [1.54, 1.807) is 17.1 Å². The van der Waals surface area contributed by atoms with Gasteiger partial charge in [0.1, 0.15) is 6.73 Å². The molecule has 0 saturated heterocycles. The summed E-state index contributed by atoms with van der Waals surface area (Å²) in [7, 11) is 0. The van der Waals surface area contributed by atoms with Crippen molar-refractivity contribution in [3.05, 3.63) is 60.2 Å². The second-order valence-electron chi connectivity index (χ2n) is 5.88. The minimum Gasteiger partial charge on any atom is -0.360 e. The van der Waals surface area contributed by atoms with Crippen LogP contribution < -0.4 is 10.6 Å². The van der Waals surface area contributed by atoms with Crippen molar-refractivity contribution in [3.8, 4) is 0 Å². The molecule has 2 heterocycles. The predicted octanol–water partition coefficient (Wildman–Crippen LogP) is 3.24. The van der Waals surface area contributed by atoms with Crippen LogP contribution in [0.4, 0.5) is 11.4 Å². The van der Waals surface area contributed by atoms with Crippen LogP contribution in [-0.2, 0) is 18.0 Å². The number of anilines is 2. The van der Waals surface area contributed by atoms with Crippen molar-refractivity contribution in [2.75, 3.05) is 17.2 Å². The zero-order valence-corrected chi connectivity index (χ0v) is 15.7. The molecule has 3 rings (SSSR count). The molecule has 0 aliphatic heterocycles. The predicted molar refractivity (Wildman–Crippen MR) is 106 cm³/mol. The number of rotatable bonds is 7. The van der Waals surface area contributed by atoms with Crippen molar-refractivity contribution in [2.45, 2.75) is 27.1 Å². The Hall–Kier alpha value is -2.71. The van der Waals surface area contributed by atoms with E-state index in [0.717, 1.165) is 11.4 Å². The fourth-order valence-corrected chi connectivity index (χ4v) is 2.61. The molecule has 3 aromatic rings. The van der Waals surface area contributed by atoms with Gasteiger partial charge in [0.05, 0.1) is 36.5 Å². The molecule has 7 nitrogen and oxygen atoms in total. The first-order valence-corrected chi connectivity index (χ1v) is 8.79. The Morgan fingerprint density at radius 2 is 1.65 bits per heavy atom. The molecule has 0 aliphatic rings. The third-order valence-electron chi connectivity index (χ3n) is 3.68. The highest BCUT2D eigenvalue weighted by Gasteiger charge is 2.04. The van der Waals surface area contributed by atoms with Crippen molar-refractivity contribution >= 4 is 28.7 Å². The van der Waals surface area contributed by atoms with E-state index < -0.39 is 0 Å². The lowest BCUT2D eigenvalue weighted by atomic mass is 10.1. The summed E-state index contributed by atoms with van der Waals surface area (Å²) in [5.74, 6) is 0. The number of nitrogens with one attached hydrogen (secondary N) is 2. The molecule has 26 heavy (non-hydrogen) atoms. The molecule has 0 unspecified atom stereocenters. The van der Waals surface area contributed by atoms with E-state index in [4.69, 9.17) is 17.0 Å². The van der Waals surface area contributed by atoms with Crippen molar-refractivity contribution in [1.82, 2.24) is 19.6 Å². The summed E-state index contributed by atoms with van der Waals surface area (Å²) in [6.45, 7) is 5.81. The molecule has 0 radical (unpaired) electrons. The van der Waals surface area contributed by atoms with E-state index in [0.29, 0.717) is 25.0 Å². The normalized spacial score (nSPS) is 10.7. The number of nitrogens with zero attached hydrogens (tertiary/aromatic N) is 4. The minimum absolute atomic E-state index is 0.421. The summed E-state index contributed by atoms with van der Waals surface area (Å²) in [4.78, 5) is 0. The molecule has 0 saturated carbocycles. The average Bonchev–Trinajstić information content (AvgIpc) is 3.24. The van der Waals surface area contributed by atoms with Gasteiger partial charge in [0.25, 0.3) is 0 Å². The number of ether oxygens (including phenoxy) is 1. The Morgan fingerprint density at radius 3 is 2.31 bits per heavy atom. The van der Waals surface area contributed by atoms with Gasteiger partial charge in [-0.1, -0.05) is 29.8 Å². The van der Waals surface area contributed by atoms with E-state index in [-0.39, 0.29) is 0 Å². The first-order chi connectivity index (χ1) is 12.6. The SMILES string of the molecule is CCOCn1cc(NC(=S)Nc2cnn(Cc3ccc(C)cc3)c2)cn1. The van der Waals surface area contributed by atoms with Gasteiger partial charge < -0.3 is 15.4 Å². The van der Waals surface area contributed by atoms with E-state index >= 15 is 0 Å². The number of thiocarbonyl (C=S) groups is 1. The maximum Gasteiger partial charge on any atom is 0.175 e. The summed E-state index contributed by atoms with van der Waals surface area (Å²) in [5, 5.41) is 15.3. The lowest BCUT2D eigenvalue weighted by Gasteiger charge is -2.06. The van der Waals surface area contributed by atoms with E-state index in [9.17, 15) is 0 Å². The van der Waals surface area contributed by atoms with Gasteiger partial charge in [0, 0.05) is 12.8 Å². The van der Waals surface area contributed by atoms with E-state index in [2.05, 4.69) is 52.0 Å². The van der Waals surface area contributed by atoms with Gasteiger partial charge in [-0.2, -0.15) is 10.2 Å². The monoisotopic (exact) mass is 370 g/mol. The second kappa shape index (κ2) is 8.59. The molecule has 0 amide bonds. The fraction of sp³-hybridized carbons (Fsp3) is 0.278. The Bertz CT molecular complexity index is 855. The smallest absolute Gasteiger partial charge is 0.175 e. The molecule has 8 heteroatoms. The van der Waals surface area contributed by atoms with Crippen LogP contribution in [0.1, 0.15) is 18.1 Å². The fourth-order valence-electron chi connectivity index (χ4n) is 2.37. The minimum atomic E-state index is 0.421. The molecule has 0 bridgehead atoms. The van der Waals surface area contributed by atoms with Crippen LogP contribution in [0.2, 0.25) is 0 Å². The largest absolute Gasteiger partial charge is 0.360 e. The Kier molecular flexibility index (Phi) is 5.98. The van der Waals surface area contributed by atoms with Crippen LogP contribution >= 0.6 is 12.2 Å². The summed E-state index contributed by atoms with van der Waals surface area (Å²) in [6, 6.07) is 8.41. The first-order valence-electron chi connectivity index (χ1n) is 8.38. The van der Waals surface area contributed by atoms with Gasteiger partial charge in [-0.25, -0.2) is 4.68 Å². The zero-order valence-electron chi connectivity index (χ0n) is 14.8. The first kappa shape index (κ1) is 18.1. The molecule has 1 aromatic carbocycles. The number of aromatic nitrogens is 4. The van der Waals surface area contributed by atoms with Gasteiger partial charge in [-0.3, -0.25) is 4.68 Å². The molecule has 0 fully saturated rings. The summed E-state index contributed by atoms with van der Waals surface area (Å²) in [6.07, 6.45) is 7.21. The molecule has 2 N–H and O–H groups in total. The maximum absolute atomic E-state index is 5.34. The quantitative estimate of drug-likeness (QED) is 0.622. The van der Waals surface area contributed by atoms with Crippen molar-refractivity contribution < 1.29 is 4.74 Å². The Labute approximate surface area is 158 Å². The van der Waals surface area contributed by atoms with Gasteiger partial charge in [0.2, 0.25) is 0 Å². The molecule has 0 spiro atoms. The number of hydrogen-bond acceptors (Lipinski definition) is 4. The molecule has 136 valence electrons. The summed E-state index contributed by atoms with van der Waals surface area (Å²) < 4.78 is 8.88. The Morgan fingerprint density at radius 1 is 1.04 bits per heavy atom. The number of benzene rings is 1. The maximum atomic E-state index is 5.34. The topological polar surface area (TPSA) is 68.9 Å². The third-order valence-corrected chi connectivity index (χ3v) is 3.88. The van der Waals surface area contributed by atoms with Crippen LogP contribution in [0.15, 0.2) is 49.1 Å². The third kappa shape index (κ3) is 5.14. The average molecular weight is 370 g/mol. The molecular formula is C18H22N6OS. The van der Waals surface area contributed by atoms with Crippen molar-refractivity contribution in [2.24, 2.45) is 0 Å². The molecule has 2 aromatic heterocycles. The zero-order chi connectivity index (χ0) is 18.4. The van der Waals surface area contributed by atoms with Crippen LogP contribution in [0.3, 0.4) is 0 Å². The van der Waals surface area contributed by atoms with Crippen molar-refractivity contribution in [1.29, 1.82) is 0 Å². The summed E-state index contributed by atoms with van der Waals surface area (Å²) >= 11 is 5.34. The Balaban J connectivity index is 1.52. The highest BCUT2D eigenvalue weighted by Crippen LogP contribution is 2.11. The second-order valence-corrected chi connectivity index (χ2v) is 6.29. The standard InChI is InChI=1S/C18H22N6OS/c1-3-25-13-24-12-17(9-20-24)22-18(26)21-16-8-19-23(11-16)10-15-6-4-14(2)5-7-15/h4-9,11-12H,3,10,13H2,1-2H3,(H2,21,22,26). The highest BCUT2D eigenvalue weighted by molar-refractivity contribution is 7.80. The van der Waals surface area contributed by atoms with Crippen molar-refractivity contribution in [3.63, 3.8) is 0 Å². The van der Waals surface area contributed by atoms with Crippen LogP contribution in [0.25, 0.3) is 0 Å².